The molecule has 6 N–H and O–H groups in total. The van der Waals surface area contributed by atoms with Crippen molar-refractivity contribution in [2.24, 2.45) is 0 Å². The maximum absolute atomic E-state index is 13.1. The number of amides is 2. The molecule has 14 rings (SSSR count). The highest BCUT2D eigenvalue weighted by Gasteiger charge is 2.34. The zero-order chi connectivity index (χ0) is 75.9. The van der Waals surface area contributed by atoms with Crippen LogP contribution in [0.15, 0.2) is 150 Å². The number of fused-ring (bicyclic) bond motifs is 3. The van der Waals surface area contributed by atoms with E-state index in [-0.39, 0.29) is 57.9 Å². The first-order chi connectivity index (χ1) is 50.0. The number of carbonyl (C=O) groups excluding carboxylic acids is 4. The minimum Gasteiger partial charge on any atom is -0.477 e. The molecule has 0 unspecified atom stereocenters. The second-order valence-electron chi connectivity index (χ2n) is 22.7. The summed E-state index contributed by atoms with van der Waals surface area (Å²) >= 11 is 27.4. The number of carboxylic acid groups (broad SMARTS) is 1. The third-order valence-corrected chi connectivity index (χ3v) is 27.0. The molecular formula is C67H60BrCl3N14O12S8. The number of nitrogens with zero attached hydrogens (tertiary/aromatic N) is 9. The van der Waals surface area contributed by atoms with Gasteiger partial charge >= 0.3 is 5.97 Å². The van der Waals surface area contributed by atoms with Crippen LogP contribution in [0.25, 0.3) is 42.4 Å². The number of hydrogen-bond acceptors (Lipinski definition) is 19. The second-order valence-corrected chi connectivity index (χ2v) is 35.3. The van der Waals surface area contributed by atoms with Crippen molar-refractivity contribution in [3.63, 3.8) is 0 Å². The van der Waals surface area contributed by atoms with Gasteiger partial charge in [-0.3, -0.25) is 24.6 Å². The lowest BCUT2D eigenvalue weighted by molar-refractivity contribution is 0.0693. The van der Waals surface area contributed by atoms with E-state index in [0.29, 0.717) is 121 Å². The summed E-state index contributed by atoms with van der Waals surface area (Å²) in [4.78, 5) is 78.3. The molecule has 2 amide bonds. The smallest absolute Gasteiger partial charge is 0.344 e. The molecule has 3 fully saturated rings. The quantitative estimate of drug-likeness (QED) is 0.0286. The summed E-state index contributed by atoms with van der Waals surface area (Å²) in [7, 11) is -7.28. The highest BCUT2D eigenvalue weighted by molar-refractivity contribution is 9.10. The van der Waals surface area contributed by atoms with E-state index >= 15 is 0 Å². The summed E-state index contributed by atoms with van der Waals surface area (Å²) in [5.74, 6) is -0.949. The van der Waals surface area contributed by atoms with Gasteiger partial charge in [0.2, 0.25) is 0 Å². The molecule has 3 aromatic carbocycles. The van der Waals surface area contributed by atoms with Crippen molar-refractivity contribution in [3.8, 4) is 6.07 Å². The predicted molar refractivity (Wildman–Crippen MR) is 416 cm³/mol. The molecule has 105 heavy (non-hydrogen) atoms. The lowest BCUT2D eigenvalue weighted by atomic mass is 10.2. The van der Waals surface area contributed by atoms with Crippen molar-refractivity contribution >= 4 is 218 Å². The number of H-pyrrole nitrogens is 3. The predicted octanol–water partition coefficient (Wildman–Crippen LogP) is 13.7. The Balaban J connectivity index is 0.000000157. The van der Waals surface area contributed by atoms with Crippen LogP contribution in [0.2, 0.25) is 15.1 Å². The molecule has 3 saturated heterocycles. The number of halogens is 4. The van der Waals surface area contributed by atoms with Gasteiger partial charge in [0.15, 0.2) is 23.9 Å². The maximum atomic E-state index is 13.1. The van der Waals surface area contributed by atoms with Crippen molar-refractivity contribution < 1.29 is 54.3 Å². The minimum atomic E-state index is -3.70. The number of thiophene rings is 5. The molecule has 3 aliphatic rings. The Morgan fingerprint density at radius 2 is 0.952 bits per heavy atom. The van der Waals surface area contributed by atoms with Crippen molar-refractivity contribution in [3.05, 3.63) is 208 Å². The van der Waals surface area contributed by atoms with Gasteiger partial charge in [-0.1, -0.05) is 34.8 Å². The fourth-order valence-corrected chi connectivity index (χ4v) is 19.3. The number of benzene rings is 3. The van der Waals surface area contributed by atoms with Crippen LogP contribution in [0.3, 0.4) is 0 Å². The average molecular weight is 1700 g/mol. The number of aromatic amines is 3. The SMILES string of the molecule is CN(C)C(=N)c1csc(C(=O)N2CCN(S(=O)(=O)c3cc4cc(Cl)ccc4[nH]3)CC2)c1.N#Cc1csc(C(=O)N2CCN(S(=O)(=O)c3cc4cc(Cl)ccc4[nH]3)CC2)c1.O=Cc1cc(Br)cs1.O=S(=O)(c1cc2cc(Cl)ccc2[nH]1)N1CCNCC1.[C-]#[N+]c1csc(C(=O)O)c1.[C-]#[N+]c1csc(C=O)c1. The first kappa shape index (κ1) is 80.6. The first-order valence-electron chi connectivity index (χ1n) is 30.8. The van der Waals surface area contributed by atoms with Gasteiger partial charge in [0.25, 0.3) is 41.9 Å². The number of aldehydes is 2. The van der Waals surface area contributed by atoms with Gasteiger partial charge in [-0.05, 0) is 130 Å². The number of nitrogens with one attached hydrogen (secondary N) is 5. The number of piperazine rings is 3. The van der Waals surface area contributed by atoms with E-state index in [1.54, 1.807) is 142 Å². The summed E-state index contributed by atoms with van der Waals surface area (Å²) in [6, 6.07) is 30.4. The summed E-state index contributed by atoms with van der Waals surface area (Å²) in [5.41, 5.74) is 4.26. The van der Waals surface area contributed by atoms with Crippen molar-refractivity contribution in [2.45, 2.75) is 15.1 Å². The minimum absolute atomic E-state index is 0.112. The summed E-state index contributed by atoms with van der Waals surface area (Å²) in [6.07, 6.45) is 1.59. The lowest BCUT2D eigenvalue weighted by Gasteiger charge is -2.33. The molecule has 0 saturated carbocycles. The highest BCUT2D eigenvalue weighted by Crippen LogP contribution is 2.31. The number of hydrogen-bond donors (Lipinski definition) is 6. The fraction of sp³-hybridized carbons (Fsp3) is 0.209. The van der Waals surface area contributed by atoms with E-state index in [0.717, 1.165) is 54.9 Å². The molecule has 38 heteroatoms. The van der Waals surface area contributed by atoms with Gasteiger partial charge in [0.05, 0.1) is 38.2 Å². The number of amidine groups is 1. The summed E-state index contributed by atoms with van der Waals surface area (Å²) in [5, 5.41) is 41.4. The van der Waals surface area contributed by atoms with Gasteiger partial charge in [-0.15, -0.1) is 34.0 Å². The molecule has 0 bridgehead atoms. The molecule has 546 valence electrons. The van der Waals surface area contributed by atoms with Crippen molar-refractivity contribution in [1.82, 2.24) is 47.9 Å². The molecule has 0 radical (unpaired) electrons. The van der Waals surface area contributed by atoms with Gasteiger partial charge in [0, 0.05) is 167 Å². The van der Waals surface area contributed by atoms with E-state index < -0.39 is 36.0 Å². The Morgan fingerprint density at radius 1 is 0.552 bits per heavy atom. The summed E-state index contributed by atoms with van der Waals surface area (Å²) < 4.78 is 82.2. The van der Waals surface area contributed by atoms with Crippen LogP contribution in [0.1, 0.15) is 59.5 Å². The van der Waals surface area contributed by atoms with E-state index in [1.165, 1.54) is 69.7 Å². The first-order valence-corrected chi connectivity index (χ1v) is 41.5. The van der Waals surface area contributed by atoms with Crippen LogP contribution in [0.5, 0.6) is 0 Å². The van der Waals surface area contributed by atoms with Gasteiger partial charge in [0.1, 0.15) is 31.9 Å². The standard InChI is InChI=1S/C20H22ClN5O3S2.C18H15ClN4O3S2.C12H14ClN3O2S.C6H3NO2S.C6H3NOS.C5H3BrOS/c1-24(2)19(22)14-10-17(30-12-14)20(27)25-5-7-26(8-6-25)31(28,29)18-11-13-9-15(21)3-4-16(13)23-18;19-14-1-2-15-13(8-14)9-17(21-15)28(25,26)23-5-3-22(4-6-23)18(24)16-7-12(10-20)11-27-16;13-10-1-2-11-9(7-10)8-12(15-11)19(17,18)16-5-3-14-4-6-16;1-7-4-2-5(6(8)9)10-3-4;1-7-5-2-6(3-8)9-4-5;6-4-1-5(2-7)8-3-4/h3-4,9-12,22-23H,5-8H2,1-2H3;1-2,7-9,11,21H,3-6H2;1-2,7-8,14-15H,3-6H2;2-3H,(H,8,9);2-4H;1-3H. The largest absolute Gasteiger partial charge is 0.477 e. The number of carboxylic acids is 1. The van der Waals surface area contributed by atoms with Crippen LogP contribution in [0.4, 0.5) is 11.4 Å². The van der Waals surface area contributed by atoms with Crippen LogP contribution < -0.4 is 5.32 Å². The number of rotatable bonds is 12. The molecular weight excluding hydrogens is 1640 g/mol. The Bertz CT molecular complexity index is 5510. The lowest BCUT2D eigenvalue weighted by Crippen LogP contribution is -2.50. The highest BCUT2D eigenvalue weighted by atomic mass is 79.9. The molecule has 0 spiro atoms. The third kappa shape index (κ3) is 20.6. The van der Waals surface area contributed by atoms with Crippen molar-refractivity contribution in [2.75, 3.05) is 92.6 Å². The summed E-state index contributed by atoms with van der Waals surface area (Å²) in [6.45, 7) is 17.5. The molecule has 0 atom stereocenters. The fourth-order valence-electron chi connectivity index (χ4n) is 10.2. The molecule has 0 aliphatic carbocycles. The molecule has 8 aromatic heterocycles. The van der Waals surface area contributed by atoms with Gasteiger partial charge in [-0.25, -0.2) is 39.7 Å². The van der Waals surface area contributed by atoms with Crippen LogP contribution in [-0.2, 0) is 30.1 Å². The molecule has 3 aliphatic heterocycles. The van der Waals surface area contributed by atoms with Crippen LogP contribution in [-0.4, -0.2) is 202 Å². The van der Waals surface area contributed by atoms with E-state index in [2.05, 4.69) is 45.9 Å². The number of aromatic nitrogens is 3. The van der Waals surface area contributed by atoms with Crippen LogP contribution in [0, 0.1) is 29.9 Å². The number of aromatic carboxylic acids is 1. The topological polar surface area (TPSA) is 343 Å². The Labute approximate surface area is 646 Å². The van der Waals surface area contributed by atoms with E-state index in [1.807, 2.05) is 11.4 Å². The van der Waals surface area contributed by atoms with E-state index in [4.69, 9.17) is 63.7 Å². The maximum Gasteiger partial charge on any atom is 0.344 e. The normalized spacial score (nSPS) is 14.2. The Kier molecular flexibility index (Phi) is 27.8. The third-order valence-electron chi connectivity index (χ3n) is 15.6. The molecule has 11 heterocycles. The Morgan fingerprint density at radius 3 is 1.30 bits per heavy atom. The van der Waals surface area contributed by atoms with Crippen LogP contribution >= 0.6 is 107 Å². The zero-order valence-electron chi connectivity index (χ0n) is 55.1. The van der Waals surface area contributed by atoms with Gasteiger partial charge in [-0.2, -0.15) is 40.9 Å². The number of sulfonamides is 3. The number of carbonyl (C=O) groups is 5. The van der Waals surface area contributed by atoms with Crippen molar-refractivity contribution in [1.29, 1.82) is 10.7 Å². The zero-order valence-corrected chi connectivity index (χ0v) is 65.5. The Hall–Kier alpha value is -8.49. The number of nitriles is 1. The average Bonchev–Trinajstić information content (AvgIpc) is 1.70. The van der Waals surface area contributed by atoms with Gasteiger partial charge < -0.3 is 40.1 Å². The molecule has 26 nitrogen and oxygen atoms in total. The van der Waals surface area contributed by atoms with E-state index in [9.17, 15) is 49.2 Å². The monoisotopic (exact) mass is 1690 g/mol. The molecule has 11 aromatic rings. The second kappa shape index (κ2) is 36.2.